The van der Waals surface area contributed by atoms with Crippen molar-refractivity contribution in [2.75, 3.05) is 7.05 Å². The molecule has 0 rings (SSSR count). The molecule has 186 valence electrons. The van der Waals surface area contributed by atoms with Crippen LogP contribution in [-0.2, 0) is 19.2 Å². The van der Waals surface area contributed by atoms with Crippen molar-refractivity contribution >= 4 is 23.6 Å². The number of rotatable bonds is 21. The van der Waals surface area contributed by atoms with Crippen LogP contribution in [0.2, 0.25) is 0 Å². The number of hydrogen-bond acceptors (Lipinski definition) is 4. The van der Waals surface area contributed by atoms with Gasteiger partial charge in [-0.25, -0.2) is 0 Å². The highest BCUT2D eigenvalue weighted by molar-refractivity contribution is 5.93. The molecule has 7 nitrogen and oxygen atoms in total. The Morgan fingerprint density at radius 2 is 1.22 bits per heavy atom. The minimum atomic E-state index is -1.13. The van der Waals surface area contributed by atoms with Gasteiger partial charge in [0.25, 0.3) is 0 Å². The number of amides is 2. The van der Waals surface area contributed by atoms with Crippen molar-refractivity contribution in [2.24, 2.45) is 5.92 Å². The van der Waals surface area contributed by atoms with E-state index in [0.717, 1.165) is 19.3 Å². The van der Waals surface area contributed by atoms with Crippen LogP contribution in [0.25, 0.3) is 0 Å². The lowest BCUT2D eigenvalue weighted by atomic mass is 9.95. The van der Waals surface area contributed by atoms with E-state index in [1.807, 2.05) is 0 Å². The molecule has 0 spiro atoms. The number of nitrogens with one attached hydrogen (secondary N) is 2. The van der Waals surface area contributed by atoms with E-state index < -0.39 is 30.3 Å². The van der Waals surface area contributed by atoms with Crippen molar-refractivity contribution in [1.82, 2.24) is 10.6 Å². The van der Waals surface area contributed by atoms with Crippen LogP contribution in [0.4, 0.5) is 0 Å². The summed E-state index contributed by atoms with van der Waals surface area (Å²) in [5, 5.41) is 14.0. The van der Waals surface area contributed by atoms with Crippen LogP contribution in [0.3, 0.4) is 0 Å². The van der Waals surface area contributed by atoms with Gasteiger partial charge < -0.3 is 15.7 Å². The van der Waals surface area contributed by atoms with Gasteiger partial charge in [-0.3, -0.25) is 19.2 Å². The van der Waals surface area contributed by atoms with E-state index in [4.69, 9.17) is 5.11 Å². The first-order valence-corrected chi connectivity index (χ1v) is 12.6. The number of unbranched alkanes of at least 4 members (excludes halogenated alkanes) is 12. The standard InChI is InChI=1S/C25H46N2O5/c1-4-5-6-7-8-9-10-11-12-13-14-15-16-17-23(29)27-20(2)22(28)18-21(19-24(30)31)25(32)26-3/h20-21H,4-19H2,1-3H3,(H,26,32)(H,27,29)(H,30,31)/t20-,21-/m0/s1. The molecule has 2 amide bonds. The zero-order valence-corrected chi connectivity index (χ0v) is 20.5. The molecule has 32 heavy (non-hydrogen) atoms. The van der Waals surface area contributed by atoms with Crippen LogP contribution in [0.15, 0.2) is 0 Å². The molecule has 0 unspecified atom stereocenters. The number of Topliss-reactive ketones (excluding diaryl/α,β-unsaturated/α-hetero) is 1. The predicted molar refractivity (Wildman–Crippen MR) is 127 cm³/mol. The van der Waals surface area contributed by atoms with E-state index in [2.05, 4.69) is 17.6 Å². The number of carbonyl (C=O) groups is 4. The highest BCUT2D eigenvalue weighted by atomic mass is 16.4. The first kappa shape index (κ1) is 30.1. The second kappa shape index (κ2) is 19.7. The first-order valence-electron chi connectivity index (χ1n) is 12.6. The topological polar surface area (TPSA) is 113 Å². The molecular formula is C25H46N2O5. The summed E-state index contributed by atoms with van der Waals surface area (Å²) in [7, 11) is 1.41. The first-order chi connectivity index (χ1) is 15.3. The SMILES string of the molecule is CCCCCCCCCCCCCCCC(=O)N[C@@H](C)C(=O)C[C@@H](CC(=O)O)C(=O)NC. The Kier molecular flexibility index (Phi) is 18.6. The van der Waals surface area contributed by atoms with Crippen molar-refractivity contribution in [3.05, 3.63) is 0 Å². The maximum Gasteiger partial charge on any atom is 0.304 e. The van der Waals surface area contributed by atoms with Gasteiger partial charge in [-0.05, 0) is 13.3 Å². The van der Waals surface area contributed by atoms with Gasteiger partial charge in [0, 0.05) is 19.9 Å². The number of ketones is 1. The Morgan fingerprint density at radius 1 is 0.750 bits per heavy atom. The van der Waals surface area contributed by atoms with E-state index in [1.165, 1.54) is 71.3 Å². The Hall–Kier alpha value is -1.92. The maximum absolute atomic E-state index is 12.3. The zero-order chi connectivity index (χ0) is 24.2. The van der Waals surface area contributed by atoms with Gasteiger partial charge in [-0.1, -0.05) is 84.0 Å². The number of hydrogen-bond donors (Lipinski definition) is 3. The largest absolute Gasteiger partial charge is 0.481 e. The van der Waals surface area contributed by atoms with Crippen LogP contribution < -0.4 is 10.6 Å². The zero-order valence-electron chi connectivity index (χ0n) is 20.5. The van der Waals surface area contributed by atoms with Crippen LogP contribution in [0, 0.1) is 5.92 Å². The number of aliphatic carboxylic acids is 1. The third kappa shape index (κ3) is 16.7. The van der Waals surface area contributed by atoms with Gasteiger partial charge >= 0.3 is 5.97 Å². The number of carbonyl (C=O) groups excluding carboxylic acids is 3. The summed E-state index contributed by atoms with van der Waals surface area (Å²) >= 11 is 0. The molecule has 3 N–H and O–H groups in total. The molecule has 2 atom stereocenters. The summed E-state index contributed by atoms with van der Waals surface area (Å²) in [6.45, 7) is 3.82. The van der Waals surface area contributed by atoms with Crippen molar-refractivity contribution in [2.45, 2.75) is 123 Å². The molecule has 7 heteroatoms. The minimum Gasteiger partial charge on any atom is -0.481 e. The summed E-state index contributed by atoms with van der Waals surface area (Å²) < 4.78 is 0. The molecule has 0 aromatic heterocycles. The Labute approximate surface area is 194 Å². The van der Waals surface area contributed by atoms with E-state index in [0.29, 0.717) is 6.42 Å². The van der Waals surface area contributed by atoms with E-state index in [1.54, 1.807) is 6.92 Å². The second-order valence-corrected chi connectivity index (χ2v) is 8.86. The summed E-state index contributed by atoms with van der Waals surface area (Å²) in [6, 6.07) is -0.731. The predicted octanol–water partition coefficient (Wildman–Crippen LogP) is 4.77. The molecular weight excluding hydrogens is 408 g/mol. The third-order valence-electron chi connectivity index (χ3n) is 5.85. The highest BCUT2D eigenvalue weighted by Crippen LogP contribution is 2.14. The molecule has 0 fully saturated rings. The Bertz CT molecular complexity index is 550. The fourth-order valence-electron chi connectivity index (χ4n) is 3.79. The maximum atomic E-state index is 12.3. The monoisotopic (exact) mass is 454 g/mol. The van der Waals surface area contributed by atoms with Crippen LogP contribution in [-0.4, -0.2) is 41.8 Å². The highest BCUT2D eigenvalue weighted by Gasteiger charge is 2.26. The van der Waals surface area contributed by atoms with Gasteiger partial charge in [0.1, 0.15) is 0 Å². The van der Waals surface area contributed by atoms with Crippen molar-refractivity contribution in [1.29, 1.82) is 0 Å². The quantitative estimate of drug-likeness (QED) is 0.216. The average Bonchev–Trinajstić information content (AvgIpc) is 2.75. The fourth-order valence-corrected chi connectivity index (χ4v) is 3.79. The van der Waals surface area contributed by atoms with E-state index in [9.17, 15) is 19.2 Å². The lowest BCUT2D eigenvalue weighted by Crippen LogP contribution is -2.41. The molecule has 0 bridgehead atoms. The average molecular weight is 455 g/mol. The molecule has 0 aromatic carbocycles. The molecule has 0 saturated heterocycles. The van der Waals surface area contributed by atoms with Crippen molar-refractivity contribution in [3.8, 4) is 0 Å². The van der Waals surface area contributed by atoms with E-state index in [-0.39, 0.29) is 18.1 Å². The normalized spacial score (nSPS) is 12.7. The summed E-state index contributed by atoms with van der Waals surface area (Å²) in [5.41, 5.74) is 0. The Balaban J connectivity index is 3.83. The van der Waals surface area contributed by atoms with E-state index >= 15 is 0 Å². The molecule has 0 radical (unpaired) electrons. The molecule has 0 saturated carbocycles. The van der Waals surface area contributed by atoms with Crippen LogP contribution in [0.5, 0.6) is 0 Å². The van der Waals surface area contributed by atoms with Crippen LogP contribution >= 0.6 is 0 Å². The molecule has 0 aliphatic heterocycles. The smallest absolute Gasteiger partial charge is 0.304 e. The summed E-state index contributed by atoms with van der Waals surface area (Å²) in [6.07, 6.45) is 15.9. The lowest BCUT2D eigenvalue weighted by Gasteiger charge is -2.17. The van der Waals surface area contributed by atoms with Gasteiger partial charge in [-0.15, -0.1) is 0 Å². The molecule has 0 aromatic rings. The second-order valence-electron chi connectivity index (χ2n) is 8.86. The van der Waals surface area contributed by atoms with Crippen molar-refractivity contribution in [3.63, 3.8) is 0 Å². The van der Waals surface area contributed by atoms with Gasteiger partial charge in [0.15, 0.2) is 5.78 Å². The third-order valence-corrected chi connectivity index (χ3v) is 5.85. The van der Waals surface area contributed by atoms with Gasteiger partial charge in [0.2, 0.25) is 11.8 Å². The molecule has 0 aliphatic rings. The minimum absolute atomic E-state index is 0.177. The van der Waals surface area contributed by atoms with Gasteiger partial charge in [0.05, 0.1) is 18.4 Å². The fraction of sp³-hybridized carbons (Fsp3) is 0.840. The van der Waals surface area contributed by atoms with Crippen molar-refractivity contribution < 1.29 is 24.3 Å². The number of carboxylic acids is 1. The number of carboxylic acid groups (broad SMARTS) is 1. The van der Waals surface area contributed by atoms with Crippen LogP contribution in [0.1, 0.15) is 117 Å². The van der Waals surface area contributed by atoms with Gasteiger partial charge in [-0.2, -0.15) is 0 Å². The lowest BCUT2D eigenvalue weighted by molar-refractivity contribution is -0.142. The summed E-state index contributed by atoms with van der Waals surface area (Å²) in [5.74, 6) is -3.05. The molecule has 0 aliphatic carbocycles. The Morgan fingerprint density at radius 3 is 1.66 bits per heavy atom. The summed E-state index contributed by atoms with van der Waals surface area (Å²) in [4.78, 5) is 47.0. The molecule has 0 heterocycles.